The summed E-state index contributed by atoms with van der Waals surface area (Å²) in [7, 11) is 0. The molecule has 0 aromatic carbocycles. The van der Waals surface area contributed by atoms with Gasteiger partial charge in [0.05, 0.1) is 31.8 Å². The van der Waals surface area contributed by atoms with Gasteiger partial charge in [0.15, 0.2) is 5.66 Å². The van der Waals surface area contributed by atoms with Gasteiger partial charge in [-0.05, 0) is 19.8 Å². The second kappa shape index (κ2) is 16.2. The summed E-state index contributed by atoms with van der Waals surface area (Å²) in [5.74, 6) is 0.245. The molecular formula is C24H40N8O8S. The van der Waals surface area contributed by atoms with E-state index in [9.17, 15) is 24.0 Å². The summed E-state index contributed by atoms with van der Waals surface area (Å²) in [5.41, 5.74) is -0.536. The Morgan fingerprint density at radius 3 is 2.61 bits per heavy atom. The molecule has 230 valence electrons. The molecule has 0 radical (unpaired) electrons. The van der Waals surface area contributed by atoms with Crippen molar-refractivity contribution in [3.63, 3.8) is 0 Å². The van der Waals surface area contributed by atoms with Crippen LogP contribution in [0.1, 0.15) is 39.0 Å². The lowest BCUT2D eigenvalue weighted by Crippen LogP contribution is -2.44. The number of amides is 6. The normalized spacial score (nSPS) is 21.3. The summed E-state index contributed by atoms with van der Waals surface area (Å²) in [6.45, 7) is 2.68. The first-order valence-electron chi connectivity index (χ1n) is 13.8. The highest BCUT2D eigenvalue weighted by Crippen LogP contribution is 2.33. The number of thioether (sulfide) groups is 1. The van der Waals surface area contributed by atoms with Gasteiger partial charge in [-0.15, -0.1) is 0 Å². The van der Waals surface area contributed by atoms with Crippen molar-refractivity contribution in [1.29, 1.82) is 0 Å². The molecule has 3 heterocycles. The Balaban J connectivity index is 1.22. The topological polar surface area (TPSA) is 212 Å². The maximum atomic E-state index is 12.7. The third-order valence-corrected chi connectivity index (χ3v) is 8.26. The minimum Gasteiger partial charge on any atom is -0.465 e. The van der Waals surface area contributed by atoms with Crippen molar-refractivity contribution in [2.75, 3.05) is 58.3 Å². The molecule has 0 bridgehead atoms. The van der Waals surface area contributed by atoms with Crippen molar-refractivity contribution in [1.82, 2.24) is 31.5 Å². The molecule has 41 heavy (non-hydrogen) atoms. The van der Waals surface area contributed by atoms with Gasteiger partial charge in [-0.2, -0.15) is 22.0 Å². The number of carboxylic acid groups (broad SMARTS) is 1. The lowest BCUT2D eigenvalue weighted by molar-refractivity contribution is -0.137. The van der Waals surface area contributed by atoms with E-state index in [4.69, 9.17) is 14.6 Å². The molecule has 0 saturated carbocycles. The SMILES string of the molecule is CC1(CCC(=O)N(CCOCCOC(=O)NCCCCC2SCC3NC(=O)NC32)CC(=O)NCCNC(=O)O)N=N1. The molecule has 0 aliphatic carbocycles. The Labute approximate surface area is 242 Å². The van der Waals surface area contributed by atoms with E-state index >= 15 is 0 Å². The average molecular weight is 601 g/mol. The van der Waals surface area contributed by atoms with Crippen LogP contribution in [0, 0.1) is 0 Å². The fourth-order valence-corrected chi connectivity index (χ4v) is 5.95. The van der Waals surface area contributed by atoms with Crippen LogP contribution < -0.4 is 26.6 Å². The van der Waals surface area contributed by atoms with Crippen molar-refractivity contribution < 1.29 is 38.6 Å². The van der Waals surface area contributed by atoms with Gasteiger partial charge in [-0.3, -0.25) is 9.59 Å². The molecule has 0 aromatic heterocycles. The number of unbranched alkanes of at least 4 members (excludes halogenated alkanes) is 1. The summed E-state index contributed by atoms with van der Waals surface area (Å²) >= 11 is 1.86. The zero-order valence-corrected chi connectivity index (χ0v) is 24.0. The minimum atomic E-state index is -1.19. The second-order valence-electron chi connectivity index (χ2n) is 10.1. The number of fused-ring (bicyclic) bond motifs is 1. The van der Waals surface area contributed by atoms with Crippen molar-refractivity contribution in [2.24, 2.45) is 10.2 Å². The van der Waals surface area contributed by atoms with Crippen molar-refractivity contribution >= 4 is 41.8 Å². The molecule has 3 atom stereocenters. The molecule has 17 heteroatoms. The molecule has 6 N–H and O–H groups in total. The highest BCUT2D eigenvalue weighted by Gasteiger charge is 2.42. The number of rotatable bonds is 19. The number of urea groups is 1. The number of nitrogens with one attached hydrogen (secondary N) is 5. The zero-order chi connectivity index (χ0) is 29.7. The van der Waals surface area contributed by atoms with Gasteiger partial charge in [0.2, 0.25) is 11.8 Å². The van der Waals surface area contributed by atoms with Gasteiger partial charge in [0.25, 0.3) is 0 Å². The van der Waals surface area contributed by atoms with Crippen LogP contribution in [0.2, 0.25) is 0 Å². The minimum absolute atomic E-state index is 0.0344. The van der Waals surface area contributed by atoms with Crippen LogP contribution in [0.25, 0.3) is 0 Å². The van der Waals surface area contributed by atoms with Gasteiger partial charge >= 0.3 is 18.2 Å². The molecule has 2 saturated heterocycles. The zero-order valence-electron chi connectivity index (χ0n) is 23.2. The standard InChI is InChI=1S/C24H40N8O8S/c1-24(30-31-24)6-5-19(34)32(14-18(33)25-8-9-26-22(36)37)10-11-39-12-13-40-23(38)27-7-3-2-4-17-20-16(15-41-17)28-21(35)29-20/h16-17,20,26H,2-15H2,1H3,(H,25,33)(H,27,38)(H,36,37)(H2,28,29,35). The van der Waals surface area contributed by atoms with Crippen LogP contribution in [-0.2, 0) is 19.1 Å². The summed E-state index contributed by atoms with van der Waals surface area (Å²) in [6, 6.07) is 0.293. The fourth-order valence-electron chi connectivity index (χ4n) is 4.40. The molecule has 0 spiro atoms. The van der Waals surface area contributed by atoms with Crippen molar-refractivity contribution in [3.05, 3.63) is 0 Å². The molecule has 3 unspecified atom stereocenters. The largest absolute Gasteiger partial charge is 0.465 e. The van der Waals surface area contributed by atoms with E-state index in [2.05, 4.69) is 36.8 Å². The molecule has 3 rings (SSSR count). The third-order valence-electron chi connectivity index (χ3n) is 6.75. The number of hydrogen-bond donors (Lipinski definition) is 6. The Morgan fingerprint density at radius 1 is 1.07 bits per heavy atom. The predicted octanol–water partition coefficient (Wildman–Crippen LogP) is 0.240. The Hall–Kier alpha value is -3.34. The Bertz CT molecular complexity index is 964. The van der Waals surface area contributed by atoms with E-state index in [0.29, 0.717) is 18.2 Å². The van der Waals surface area contributed by atoms with Crippen LogP contribution in [-0.4, -0.2) is 121 Å². The molecule has 0 aromatic rings. The molecule has 3 aliphatic heterocycles. The maximum Gasteiger partial charge on any atom is 0.407 e. The number of ether oxygens (including phenoxy) is 2. The number of carbonyl (C=O) groups is 5. The van der Waals surface area contributed by atoms with Crippen LogP contribution in [0.15, 0.2) is 10.2 Å². The fraction of sp³-hybridized carbons (Fsp3) is 0.792. The predicted molar refractivity (Wildman–Crippen MR) is 148 cm³/mol. The number of alkyl carbamates (subject to hydrolysis) is 1. The summed E-state index contributed by atoms with van der Waals surface area (Å²) in [6.07, 6.45) is 1.57. The van der Waals surface area contributed by atoms with Crippen LogP contribution in [0.4, 0.5) is 14.4 Å². The molecule has 2 fully saturated rings. The Morgan fingerprint density at radius 2 is 1.85 bits per heavy atom. The molecular weight excluding hydrogens is 560 g/mol. The number of carbonyl (C=O) groups excluding carboxylic acids is 4. The van der Waals surface area contributed by atoms with E-state index in [1.165, 1.54) is 4.90 Å². The first-order chi connectivity index (χ1) is 19.6. The summed E-state index contributed by atoms with van der Waals surface area (Å²) in [4.78, 5) is 60.1. The van der Waals surface area contributed by atoms with Crippen LogP contribution in [0.5, 0.6) is 0 Å². The van der Waals surface area contributed by atoms with Gasteiger partial charge in [0, 0.05) is 50.0 Å². The maximum absolute atomic E-state index is 12.7. The first-order valence-corrected chi connectivity index (χ1v) is 14.8. The van der Waals surface area contributed by atoms with E-state index in [-0.39, 0.29) is 76.4 Å². The third kappa shape index (κ3) is 12.0. The summed E-state index contributed by atoms with van der Waals surface area (Å²) < 4.78 is 10.6. The van der Waals surface area contributed by atoms with Crippen molar-refractivity contribution in [2.45, 2.75) is 62.0 Å². The van der Waals surface area contributed by atoms with Crippen LogP contribution >= 0.6 is 11.8 Å². The lowest BCUT2D eigenvalue weighted by Gasteiger charge is -2.22. The number of hydrogen-bond acceptors (Lipinski definition) is 10. The Kier molecular flexibility index (Phi) is 12.7. The molecule has 3 aliphatic rings. The smallest absolute Gasteiger partial charge is 0.407 e. The van der Waals surface area contributed by atoms with Gasteiger partial charge in [-0.1, -0.05) is 6.42 Å². The second-order valence-corrected chi connectivity index (χ2v) is 11.4. The van der Waals surface area contributed by atoms with E-state index in [1.54, 1.807) is 0 Å². The lowest BCUT2D eigenvalue weighted by atomic mass is 10.0. The summed E-state index contributed by atoms with van der Waals surface area (Å²) in [5, 5.41) is 30.1. The highest BCUT2D eigenvalue weighted by molar-refractivity contribution is 8.00. The first kappa shape index (κ1) is 32.2. The number of nitrogens with zero attached hydrogens (tertiary/aromatic N) is 3. The quantitative estimate of drug-likeness (QED) is 0.0884. The average Bonchev–Trinajstić information content (AvgIpc) is 3.38. The molecule has 16 nitrogen and oxygen atoms in total. The van der Waals surface area contributed by atoms with E-state index in [1.807, 2.05) is 18.7 Å². The van der Waals surface area contributed by atoms with Crippen molar-refractivity contribution in [3.8, 4) is 0 Å². The van der Waals surface area contributed by atoms with Gasteiger partial charge in [0.1, 0.15) is 6.61 Å². The highest BCUT2D eigenvalue weighted by atomic mass is 32.2. The van der Waals surface area contributed by atoms with Gasteiger partial charge < -0.3 is 46.1 Å². The molecule has 6 amide bonds. The van der Waals surface area contributed by atoms with E-state index < -0.39 is 23.8 Å². The van der Waals surface area contributed by atoms with Crippen LogP contribution in [0.3, 0.4) is 0 Å². The van der Waals surface area contributed by atoms with Gasteiger partial charge in [-0.25, -0.2) is 14.4 Å². The van der Waals surface area contributed by atoms with E-state index in [0.717, 1.165) is 25.0 Å². The monoisotopic (exact) mass is 600 g/mol.